The molecule has 20 heavy (non-hydrogen) atoms. The van der Waals surface area contributed by atoms with E-state index in [9.17, 15) is 8.42 Å². The highest BCUT2D eigenvalue weighted by atomic mass is 32.2. The van der Waals surface area contributed by atoms with Gasteiger partial charge in [-0.05, 0) is 24.0 Å². The number of nitrogen functional groups attached to an aromatic ring is 1. The highest BCUT2D eigenvalue weighted by Crippen LogP contribution is 2.49. The van der Waals surface area contributed by atoms with Crippen molar-refractivity contribution in [2.24, 2.45) is 0 Å². The first-order valence-corrected chi connectivity index (χ1v) is 8.54. The third-order valence-corrected chi connectivity index (χ3v) is 4.87. The fraction of sp³-hybridized carbons (Fsp3) is 0.357. The number of anilines is 1. The molecule has 0 saturated heterocycles. The maximum absolute atomic E-state index is 11.5. The second-order valence-corrected chi connectivity index (χ2v) is 7.77. The molecule has 1 saturated carbocycles. The van der Waals surface area contributed by atoms with Crippen LogP contribution < -0.4 is 5.73 Å². The molecule has 1 heterocycles. The quantitative estimate of drug-likeness (QED) is 0.898. The normalized spacial score (nSPS) is 17.1. The molecule has 0 atom stereocenters. The van der Waals surface area contributed by atoms with E-state index in [1.807, 2.05) is 24.3 Å². The molecule has 0 unspecified atom stereocenters. The van der Waals surface area contributed by atoms with Crippen molar-refractivity contribution in [2.45, 2.75) is 18.3 Å². The second-order valence-electron chi connectivity index (χ2n) is 5.63. The zero-order chi connectivity index (χ0) is 14.4. The SMILES string of the molecule is CS(=O)(=O)CC1(c2ccc(-c3cc(N)n[nH]3)cc2)CC1. The minimum absolute atomic E-state index is 0.168. The van der Waals surface area contributed by atoms with Crippen LogP contribution in [0.2, 0.25) is 0 Å². The number of sulfone groups is 1. The lowest BCUT2D eigenvalue weighted by Gasteiger charge is -2.14. The number of benzene rings is 1. The molecular weight excluding hydrogens is 274 g/mol. The lowest BCUT2D eigenvalue weighted by molar-refractivity contribution is 0.592. The number of rotatable bonds is 4. The summed E-state index contributed by atoms with van der Waals surface area (Å²) in [6.45, 7) is 0. The van der Waals surface area contributed by atoms with E-state index < -0.39 is 9.84 Å². The first-order chi connectivity index (χ1) is 9.38. The molecule has 0 amide bonds. The van der Waals surface area contributed by atoms with Crippen LogP contribution >= 0.6 is 0 Å². The zero-order valence-corrected chi connectivity index (χ0v) is 12.1. The number of aromatic amines is 1. The predicted molar refractivity (Wildman–Crippen MR) is 79.1 cm³/mol. The van der Waals surface area contributed by atoms with Gasteiger partial charge in [0.25, 0.3) is 0 Å². The Morgan fingerprint density at radius 3 is 2.40 bits per heavy atom. The minimum Gasteiger partial charge on any atom is -0.382 e. The molecule has 3 N–H and O–H groups in total. The third-order valence-electron chi connectivity index (χ3n) is 3.80. The van der Waals surface area contributed by atoms with Crippen molar-refractivity contribution in [3.63, 3.8) is 0 Å². The Morgan fingerprint density at radius 2 is 1.95 bits per heavy atom. The molecule has 1 fully saturated rings. The van der Waals surface area contributed by atoms with Gasteiger partial charge in [-0.3, -0.25) is 5.10 Å². The molecule has 106 valence electrons. The summed E-state index contributed by atoms with van der Waals surface area (Å²) in [5, 5.41) is 6.76. The van der Waals surface area contributed by atoms with Crippen LogP contribution in [0.25, 0.3) is 11.3 Å². The second kappa shape index (κ2) is 4.34. The van der Waals surface area contributed by atoms with E-state index in [1.165, 1.54) is 6.26 Å². The van der Waals surface area contributed by atoms with Crippen LogP contribution in [-0.2, 0) is 15.3 Å². The van der Waals surface area contributed by atoms with E-state index in [4.69, 9.17) is 5.73 Å². The molecular formula is C14H17N3O2S. The van der Waals surface area contributed by atoms with Crippen LogP contribution in [0.5, 0.6) is 0 Å². The number of hydrogen-bond donors (Lipinski definition) is 2. The first kappa shape index (κ1) is 13.2. The molecule has 6 heteroatoms. The molecule has 5 nitrogen and oxygen atoms in total. The fourth-order valence-electron chi connectivity index (χ4n) is 2.66. The monoisotopic (exact) mass is 291 g/mol. The van der Waals surface area contributed by atoms with Gasteiger partial charge in [-0.25, -0.2) is 8.42 Å². The highest BCUT2D eigenvalue weighted by Gasteiger charge is 2.46. The Hall–Kier alpha value is -1.82. The van der Waals surface area contributed by atoms with E-state index in [0.29, 0.717) is 5.82 Å². The molecule has 0 bridgehead atoms. The van der Waals surface area contributed by atoms with E-state index in [1.54, 1.807) is 6.07 Å². The predicted octanol–water partition coefficient (Wildman–Crippen LogP) is 1.74. The molecule has 1 aromatic carbocycles. The molecule has 1 aliphatic carbocycles. The average molecular weight is 291 g/mol. The van der Waals surface area contributed by atoms with Gasteiger partial charge in [0.05, 0.1) is 11.4 Å². The molecule has 2 aromatic rings. The third kappa shape index (κ3) is 2.56. The molecule has 0 spiro atoms. The topological polar surface area (TPSA) is 88.8 Å². The van der Waals surface area contributed by atoms with E-state index in [-0.39, 0.29) is 11.2 Å². The summed E-state index contributed by atoms with van der Waals surface area (Å²) in [5.74, 6) is 0.691. The van der Waals surface area contributed by atoms with Crippen LogP contribution in [0.15, 0.2) is 30.3 Å². The van der Waals surface area contributed by atoms with Crippen LogP contribution in [0, 0.1) is 0 Å². The summed E-state index contributed by atoms with van der Waals surface area (Å²) in [5.41, 5.74) is 8.37. The van der Waals surface area contributed by atoms with Gasteiger partial charge in [-0.15, -0.1) is 0 Å². The smallest absolute Gasteiger partial charge is 0.148 e. The van der Waals surface area contributed by atoms with E-state index >= 15 is 0 Å². The maximum atomic E-state index is 11.5. The molecule has 1 aliphatic rings. The van der Waals surface area contributed by atoms with Crippen LogP contribution in [0.1, 0.15) is 18.4 Å². The number of aromatic nitrogens is 2. The summed E-state index contributed by atoms with van der Waals surface area (Å²) in [7, 11) is -2.96. The van der Waals surface area contributed by atoms with Crippen molar-refractivity contribution >= 4 is 15.7 Å². The summed E-state index contributed by atoms with van der Waals surface area (Å²) in [4.78, 5) is 0. The van der Waals surface area contributed by atoms with Crippen LogP contribution in [-0.4, -0.2) is 30.6 Å². The number of nitrogens with zero attached hydrogens (tertiary/aromatic N) is 1. The van der Waals surface area contributed by atoms with Gasteiger partial charge in [-0.2, -0.15) is 5.10 Å². The molecule has 0 radical (unpaired) electrons. The molecule has 3 rings (SSSR count). The van der Waals surface area contributed by atoms with Crippen LogP contribution in [0.3, 0.4) is 0 Å². The van der Waals surface area contributed by atoms with Gasteiger partial charge in [0.1, 0.15) is 15.7 Å². The lowest BCUT2D eigenvalue weighted by Crippen LogP contribution is -2.19. The van der Waals surface area contributed by atoms with Gasteiger partial charge in [0.15, 0.2) is 0 Å². The largest absolute Gasteiger partial charge is 0.382 e. The lowest BCUT2D eigenvalue weighted by atomic mass is 9.96. The van der Waals surface area contributed by atoms with Gasteiger partial charge in [0, 0.05) is 17.7 Å². The Labute approximate surface area is 118 Å². The van der Waals surface area contributed by atoms with Gasteiger partial charge < -0.3 is 5.73 Å². The van der Waals surface area contributed by atoms with Crippen molar-refractivity contribution in [2.75, 3.05) is 17.7 Å². The Morgan fingerprint density at radius 1 is 1.30 bits per heavy atom. The Bertz CT molecular complexity index is 728. The first-order valence-electron chi connectivity index (χ1n) is 6.48. The number of nitrogens with one attached hydrogen (secondary N) is 1. The van der Waals surface area contributed by atoms with Gasteiger partial charge in [-0.1, -0.05) is 24.3 Å². The Balaban J connectivity index is 1.87. The summed E-state index contributed by atoms with van der Waals surface area (Å²) in [6.07, 6.45) is 3.18. The van der Waals surface area contributed by atoms with E-state index in [2.05, 4.69) is 10.2 Å². The number of H-pyrrole nitrogens is 1. The van der Waals surface area contributed by atoms with Crippen molar-refractivity contribution in [3.05, 3.63) is 35.9 Å². The minimum atomic E-state index is -2.96. The van der Waals surface area contributed by atoms with Crippen molar-refractivity contribution in [1.29, 1.82) is 0 Å². The summed E-state index contributed by atoms with van der Waals surface area (Å²) >= 11 is 0. The number of hydrogen-bond acceptors (Lipinski definition) is 4. The highest BCUT2D eigenvalue weighted by molar-refractivity contribution is 7.90. The number of nitrogens with two attached hydrogens (primary N) is 1. The molecule has 0 aliphatic heterocycles. The molecule has 1 aromatic heterocycles. The fourth-order valence-corrected chi connectivity index (χ4v) is 4.12. The van der Waals surface area contributed by atoms with Crippen molar-refractivity contribution in [3.8, 4) is 11.3 Å². The maximum Gasteiger partial charge on any atom is 0.148 e. The zero-order valence-electron chi connectivity index (χ0n) is 11.3. The van der Waals surface area contributed by atoms with Crippen LogP contribution in [0.4, 0.5) is 5.82 Å². The average Bonchev–Trinajstić information content (AvgIpc) is 3.00. The standard InChI is InChI=1S/C14H17N3O2S/c1-20(18,19)9-14(6-7-14)11-4-2-10(3-5-11)12-8-13(15)17-16-12/h2-5,8H,6-7,9H2,1H3,(H3,15,16,17). The van der Waals surface area contributed by atoms with Gasteiger partial charge >= 0.3 is 0 Å². The summed E-state index contributed by atoms with van der Waals surface area (Å²) in [6, 6.07) is 9.74. The summed E-state index contributed by atoms with van der Waals surface area (Å²) < 4.78 is 23.0. The van der Waals surface area contributed by atoms with Crippen molar-refractivity contribution < 1.29 is 8.42 Å². The van der Waals surface area contributed by atoms with Gasteiger partial charge in [0.2, 0.25) is 0 Å². The van der Waals surface area contributed by atoms with E-state index in [0.717, 1.165) is 29.7 Å². The Kier molecular flexibility index (Phi) is 2.86. The van der Waals surface area contributed by atoms with Crippen molar-refractivity contribution in [1.82, 2.24) is 10.2 Å².